The van der Waals surface area contributed by atoms with Crippen molar-refractivity contribution < 1.29 is 9.53 Å². The average Bonchev–Trinajstić information content (AvgIpc) is 3.53. The van der Waals surface area contributed by atoms with E-state index in [1.165, 1.54) is 41.7 Å². The average molecular weight is 485 g/mol. The molecule has 1 aliphatic heterocycles. The van der Waals surface area contributed by atoms with Crippen LogP contribution in [0.15, 0.2) is 23.7 Å². The largest absolute Gasteiger partial charge is 0.381 e. The number of piperazine rings is 1. The van der Waals surface area contributed by atoms with Gasteiger partial charge in [-0.15, -0.1) is 11.3 Å². The first-order valence-electron chi connectivity index (χ1n) is 13.3. The topological polar surface area (TPSA) is 57.7 Å². The van der Waals surface area contributed by atoms with Gasteiger partial charge in [0.2, 0.25) is 5.91 Å². The molecule has 2 saturated carbocycles. The zero-order valence-corrected chi connectivity index (χ0v) is 21.4. The number of methoxy groups -OCH3 is 1. The molecule has 186 valence electrons. The molecule has 34 heavy (non-hydrogen) atoms. The maximum absolute atomic E-state index is 12.5. The Balaban J connectivity index is 0.981. The number of thiophene rings is 1. The number of hydrogen-bond donors (Lipinski definition) is 1. The van der Waals surface area contributed by atoms with Gasteiger partial charge in [0.15, 0.2) is 0 Å². The number of fused-ring (bicyclic) bond motifs is 1. The fourth-order valence-corrected chi connectivity index (χ4v) is 7.14. The monoisotopic (exact) mass is 484 g/mol. The van der Waals surface area contributed by atoms with Crippen LogP contribution in [-0.4, -0.2) is 67.8 Å². The Labute approximate surface area is 208 Å². The molecule has 3 aliphatic rings. The van der Waals surface area contributed by atoms with Crippen molar-refractivity contribution in [3.63, 3.8) is 0 Å². The summed E-state index contributed by atoms with van der Waals surface area (Å²) in [6, 6.07) is 4.69. The summed E-state index contributed by atoms with van der Waals surface area (Å²) < 4.78 is 6.77. The third-order valence-corrected chi connectivity index (χ3v) is 9.31. The van der Waals surface area contributed by atoms with Crippen molar-refractivity contribution in [1.29, 1.82) is 0 Å². The van der Waals surface area contributed by atoms with Crippen LogP contribution >= 0.6 is 11.3 Å². The molecule has 0 radical (unpaired) electrons. The molecule has 0 bridgehead atoms. The molecule has 1 amide bonds. The van der Waals surface area contributed by atoms with E-state index < -0.39 is 0 Å². The van der Waals surface area contributed by atoms with Crippen LogP contribution in [0.5, 0.6) is 0 Å². The molecule has 6 nitrogen and oxygen atoms in total. The smallest absolute Gasteiger partial charge is 0.220 e. The van der Waals surface area contributed by atoms with E-state index in [1.54, 1.807) is 18.4 Å². The number of nitrogens with one attached hydrogen (secondary N) is 1. The number of carbonyl (C=O) groups excluding carboxylic acids is 1. The highest BCUT2D eigenvalue weighted by Gasteiger charge is 2.28. The number of aromatic nitrogens is 1. The molecule has 5 rings (SSSR count). The zero-order chi connectivity index (χ0) is 23.3. The van der Waals surface area contributed by atoms with Crippen molar-refractivity contribution in [3.05, 3.63) is 23.7 Å². The van der Waals surface area contributed by atoms with Crippen molar-refractivity contribution in [1.82, 2.24) is 15.2 Å². The molecule has 2 aromatic rings. The lowest BCUT2D eigenvalue weighted by Crippen LogP contribution is -2.47. The van der Waals surface area contributed by atoms with Crippen molar-refractivity contribution in [2.45, 2.75) is 69.9 Å². The zero-order valence-electron chi connectivity index (χ0n) is 20.6. The molecule has 7 heteroatoms. The van der Waals surface area contributed by atoms with E-state index in [-0.39, 0.29) is 5.91 Å². The standard InChI is InChI=1S/C27H40N4O2S/c1-33-24-7-4-21(18-24)19-25(32)29-23-5-2-20(3-6-23)9-12-30-13-15-31(16-14-30)27-26-22(8-11-28-27)10-17-34-26/h8,10-11,17,20-21,23-24H,2-7,9,12-16,18-19H2,1H3,(H,29,32)/t20?,21-,23?,24-/m1/s1. The maximum Gasteiger partial charge on any atom is 0.220 e. The highest BCUT2D eigenvalue weighted by molar-refractivity contribution is 7.17. The minimum absolute atomic E-state index is 0.260. The first-order chi connectivity index (χ1) is 16.7. The van der Waals surface area contributed by atoms with Gasteiger partial charge in [-0.2, -0.15) is 0 Å². The summed E-state index contributed by atoms with van der Waals surface area (Å²) in [5, 5.41) is 6.81. The van der Waals surface area contributed by atoms with Gasteiger partial charge < -0.3 is 15.0 Å². The van der Waals surface area contributed by atoms with Gasteiger partial charge in [-0.1, -0.05) is 0 Å². The Bertz CT molecular complexity index is 934. The second-order valence-corrected chi connectivity index (χ2v) is 11.5. The highest BCUT2D eigenvalue weighted by atomic mass is 32.1. The number of rotatable bonds is 8. The molecule has 1 saturated heterocycles. The van der Waals surface area contributed by atoms with Crippen molar-refractivity contribution >= 4 is 33.1 Å². The Kier molecular flexibility index (Phi) is 8.02. The van der Waals surface area contributed by atoms with Gasteiger partial charge in [-0.05, 0) is 92.6 Å². The number of pyridine rings is 1. The molecule has 2 aromatic heterocycles. The van der Waals surface area contributed by atoms with Crippen molar-refractivity contribution in [3.8, 4) is 0 Å². The third-order valence-electron chi connectivity index (χ3n) is 8.39. The molecule has 0 spiro atoms. The van der Waals surface area contributed by atoms with Crippen LogP contribution in [0, 0.1) is 11.8 Å². The van der Waals surface area contributed by atoms with Gasteiger partial charge in [-0.25, -0.2) is 4.98 Å². The van der Waals surface area contributed by atoms with E-state index in [0.717, 1.165) is 64.2 Å². The number of anilines is 1. The summed E-state index contributed by atoms with van der Waals surface area (Å²) in [7, 11) is 1.79. The number of amides is 1. The number of hydrogen-bond acceptors (Lipinski definition) is 6. The van der Waals surface area contributed by atoms with Gasteiger partial charge in [-0.3, -0.25) is 9.69 Å². The summed E-state index contributed by atoms with van der Waals surface area (Å²) in [6.45, 7) is 5.58. The van der Waals surface area contributed by atoms with E-state index in [9.17, 15) is 4.79 Å². The van der Waals surface area contributed by atoms with E-state index in [2.05, 4.69) is 32.6 Å². The molecular formula is C27H40N4O2S. The first kappa shape index (κ1) is 24.0. The predicted molar refractivity (Wildman–Crippen MR) is 140 cm³/mol. The van der Waals surface area contributed by atoms with E-state index in [0.29, 0.717) is 24.5 Å². The van der Waals surface area contributed by atoms with E-state index in [1.807, 2.05) is 6.20 Å². The first-order valence-corrected chi connectivity index (χ1v) is 14.2. The van der Waals surface area contributed by atoms with Gasteiger partial charge in [0.05, 0.1) is 10.8 Å². The lowest BCUT2D eigenvalue weighted by atomic mass is 9.84. The van der Waals surface area contributed by atoms with Crippen LogP contribution < -0.4 is 10.2 Å². The van der Waals surface area contributed by atoms with Gasteiger partial charge in [0, 0.05) is 51.9 Å². The normalized spacial score (nSPS) is 28.4. The molecule has 1 N–H and O–H groups in total. The summed E-state index contributed by atoms with van der Waals surface area (Å²) in [4.78, 5) is 22.3. The molecule has 0 aromatic carbocycles. The SMILES string of the molecule is CO[C@@H]1CC[C@@H](CC(=O)NC2CCC(CCN3CCN(c4nccc5ccsc45)CC3)CC2)C1. The Morgan fingerprint density at radius 1 is 1.09 bits per heavy atom. The quantitative estimate of drug-likeness (QED) is 0.589. The van der Waals surface area contributed by atoms with Crippen LogP contribution in [-0.2, 0) is 9.53 Å². The van der Waals surface area contributed by atoms with Crippen LogP contribution in [0.1, 0.15) is 57.8 Å². The lowest BCUT2D eigenvalue weighted by Gasteiger charge is -2.37. The molecular weight excluding hydrogens is 444 g/mol. The summed E-state index contributed by atoms with van der Waals surface area (Å²) >= 11 is 1.80. The Morgan fingerprint density at radius 2 is 1.88 bits per heavy atom. The fourth-order valence-electron chi connectivity index (χ4n) is 6.23. The van der Waals surface area contributed by atoms with Crippen LogP contribution in [0.25, 0.3) is 10.1 Å². The summed E-state index contributed by atoms with van der Waals surface area (Å²) in [5.41, 5.74) is 0. The number of ether oxygens (including phenoxy) is 1. The van der Waals surface area contributed by atoms with Gasteiger partial charge in [0.25, 0.3) is 0 Å². The Morgan fingerprint density at radius 3 is 2.65 bits per heavy atom. The number of carbonyl (C=O) groups is 1. The minimum Gasteiger partial charge on any atom is -0.381 e. The molecule has 2 atom stereocenters. The summed E-state index contributed by atoms with van der Waals surface area (Å²) in [5.74, 6) is 2.75. The lowest BCUT2D eigenvalue weighted by molar-refractivity contribution is -0.123. The predicted octanol–water partition coefficient (Wildman–Crippen LogP) is 4.69. The fraction of sp³-hybridized carbons (Fsp3) is 0.704. The minimum atomic E-state index is 0.260. The van der Waals surface area contributed by atoms with Crippen LogP contribution in [0.2, 0.25) is 0 Å². The maximum atomic E-state index is 12.5. The molecule has 3 fully saturated rings. The number of nitrogens with zero attached hydrogens (tertiary/aromatic N) is 3. The Hall–Kier alpha value is -1.70. The second kappa shape index (κ2) is 11.4. The molecule has 0 unspecified atom stereocenters. The van der Waals surface area contributed by atoms with Crippen molar-refractivity contribution in [2.75, 3.05) is 44.7 Å². The summed E-state index contributed by atoms with van der Waals surface area (Å²) in [6.07, 6.45) is 12.4. The van der Waals surface area contributed by atoms with Crippen LogP contribution in [0.3, 0.4) is 0 Å². The van der Waals surface area contributed by atoms with E-state index in [4.69, 9.17) is 9.72 Å². The molecule has 3 heterocycles. The molecule has 2 aliphatic carbocycles. The highest BCUT2D eigenvalue weighted by Crippen LogP contribution is 2.32. The van der Waals surface area contributed by atoms with Crippen molar-refractivity contribution in [2.24, 2.45) is 11.8 Å². The second-order valence-electron chi connectivity index (χ2n) is 10.6. The van der Waals surface area contributed by atoms with Gasteiger partial charge in [0.1, 0.15) is 5.82 Å². The van der Waals surface area contributed by atoms with E-state index >= 15 is 0 Å². The van der Waals surface area contributed by atoms with Gasteiger partial charge >= 0.3 is 0 Å². The van der Waals surface area contributed by atoms with Crippen LogP contribution in [0.4, 0.5) is 5.82 Å². The third kappa shape index (κ3) is 5.92.